The van der Waals surface area contributed by atoms with E-state index < -0.39 is 0 Å². The van der Waals surface area contributed by atoms with Crippen LogP contribution in [0, 0.1) is 23.7 Å². The Hall–Kier alpha value is -2.34. The summed E-state index contributed by atoms with van der Waals surface area (Å²) in [5.74, 6) is 3.87. The standard InChI is InChI=1S/C24H30N4O2/c29-20-6-7-27(14-20)24-21(13-25-28(24)19-4-2-1-3-5-19)23(30)26-22-17-9-15-8-16(11-17)12-18(22)10-15/h1-5,13,15-18,20,22,29H,6-12,14H2,(H,26,30). The molecule has 7 rings (SSSR count). The second kappa shape index (κ2) is 7.12. The van der Waals surface area contributed by atoms with Crippen molar-refractivity contribution >= 4 is 11.7 Å². The highest BCUT2D eigenvalue weighted by Crippen LogP contribution is 2.53. The van der Waals surface area contributed by atoms with Crippen molar-refractivity contribution in [1.29, 1.82) is 0 Å². The highest BCUT2D eigenvalue weighted by molar-refractivity contribution is 5.99. The fourth-order valence-corrected chi connectivity index (χ4v) is 6.89. The summed E-state index contributed by atoms with van der Waals surface area (Å²) in [6.07, 6.45) is 8.62. The minimum Gasteiger partial charge on any atom is -0.391 e. The third-order valence-corrected chi connectivity index (χ3v) is 7.98. The third-order valence-electron chi connectivity index (χ3n) is 7.98. The molecule has 1 aromatic carbocycles. The van der Waals surface area contributed by atoms with Gasteiger partial charge in [-0.3, -0.25) is 4.79 Å². The molecule has 1 aromatic heterocycles. The number of amides is 1. The van der Waals surface area contributed by atoms with Crippen molar-refractivity contribution in [2.45, 2.75) is 50.7 Å². The van der Waals surface area contributed by atoms with Crippen molar-refractivity contribution in [3.05, 3.63) is 42.1 Å². The molecule has 1 aliphatic heterocycles. The topological polar surface area (TPSA) is 70.4 Å². The van der Waals surface area contributed by atoms with Crippen LogP contribution in [0.25, 0.3) is 5.69 Å². The first-order valence-corrected chi connectivity index (χ1v) is 11.5. The Morgan fingerprint density at radius 3 is 2.37 bits per heavy atom. The zero-order chi connectivity index (χ0) is 20.2. The molecule has 6 heteroatoms. The molecule has 1 unspecified atom stereocenters. The summed E-state index contributed by atoms with van der Waals surface area (Å²) in [6.45, 7) is 1.27. The molecule has 1 saturated heterocycles. The van der Waals surface area contributed by atoms with Gasteiger partial charge in [-0.15, -0.1) is 0 Å². The molecule has 4 bridgehead atoms. The van der Waals surface area contributed by atoms with Gasteiger partial charge in [0.05, 0.1) is 18.0 Å². The van der Waals surface area contributed by atoms with Gasteiger partial charge in [-0.1, -0.05) is 18.2 Å². The molecule has 2 aromatic rings. The molecule has 30 heavy (non-hydrogen) atoms. The number of aliphatic hydroxyl groups is 1. The summed E-state index contributed by atoms with van der Waals surface area (Å²) >= 11 is 0. The number of carbonyl (C=O) groups excluding carboxylic acids is 1. The number of nitrogens with one attached hydrogen (secondary N) is 1. The van der Waals surface area contributed by atoms with Gasteiger partial charge in [0.1, 0.15) is 11.4 Å². The highest BCUT2D eigenvalue weighted by atomic mass is 16.3. The number of benzene rings is 1. The minimum absolute atomic E-state index is 0.00829. The van der Waals surface area contributed by atoms with Crippen LogP contribution in [0.3, 0.4) is 0 Å². The summed E-state index contributed by atoms with van der Waals surface area (Å²) in [4.78, 5) is 15.6. The van der Waals surface area contributed by atoms with Gasteiger partial charge in [0.25, 0.3) is 5.91 Å². The highest BCUT2D eigenvalue weighted by Gasteiger charge is 2.48. The smallest absolute Gasteiger partial charge is 0.256 e. The van der Waals surface area contributed by atoms with Gasteiger partial charge in [-0.2, -0.15) is 5.10 Å². The van der Waals surface area contributed by atoms with E-state index in [9.17, 15) is 9.90 Å². The van der Waals surface area contributed by atoms with Crippen LogP contribution >= 0.6 is 0 Å². The number of hydrogen-bond donors (Lipinski definition) is 2. The summed E-state index contributed by atoms with van der Waals surface area (Å²) < 4.78 is 1.85. The Balaban J connectivity index is 1.31. The van der Waals surface area contributed by atoms with Crippen molar-refractivity contribution in [3.63, 3.8) is 0 Å². The van der Waals surface area contributed by atoms with E-state index in [-0.39, 0.29) is 12.0 Å². The quantitative estimate of drug-likeness (QED) is 0.819. The number of nitrogens with zero attached hydrogens (tertiary/aromatic N) is 3. The number of para-hydroxylation sites is 1. The Kier molecular flexibility index (Phi) is 4.37. The molecule has 0 radical (unpaired) electrons. The minimum atomic E-state index is -0.357. The molecule has 1 atom stereocenters. The average Bonchev–Trinajstić information content (AvgIpc) is 3.37. The van der Waals surface area contributed by atoms with Gasteiger partial charge in [0.15, 0.2) is 0 Å². The number of aromatic nitrogens is 2. The number of β-amino-alcohol motifs (C(OH)–C–C–N with tert-alkyl or cyclic N) is 1. The lowest BCUT2D eigenvalue weighted by Gasteiger charge is -2.54. The molecule has 5 fully saturated rings. The largest absolute Gasteiger partial charge is 0.391 e. The lowest BCUT2D eigenvalue weighted by molar-refractivity contribution is -0.0119. The summed E-state index contributed by atoms with van der Waals surface area (Å²) in [5, 5.41) is 18.1. The molecule has 6 nitrogen and oxygen atoms in total. The predicted octanol–water partition coefficient (Wildman–Crippen LogP) is 3.00. The number of carbonyl (C=O) groups is 1. The summed E-state index contributed by atoms with van der Waals surface area (Å²) in [5.41, 5.74) is 1.56. The van der Waals surface area contributed by atoms with Crippen molar-refractivity contribution in [3.8, 4) is 5.69 Å². The molecular weight excluding hydrogens is 376 g/mol. The Morgan fingerprint density at radius 1 is 1.03 bits per heavy atom. The number of hydrogen-bond acceptors (Lipinski definition) is 4. The lowest BCUT2D eigenvalue weighted by Crippen LogP contribution is -2.55. The zero-order valence-electron chi connectivity index (χ0n) is 17.3. The first-order chi connectivity index (χ1) is 14.7. The van der Waals surface area contributed by atoms with E-state index in [2.05, 4.69) is 15.3 Å². The lowest BCUT2D eigenvalue weighted by atomic mass is 9.54. The van der Waals surface area contributed by atoms with Crippen LogP contribution in [0.2, 0.25) is 0 Å². The van der Waals surface area contributed by atoms with Gasteiger partial charge < -0.3 is 15.3 Å². The van der Waals surface area contributed by atoms with E-state index in [1.165, 1.54) is 32.1 Å². The van der Waals surface area contributed by atoms with Gasteiger partial charge >= 0.3 is 0 Å². The Labute approximate surface area is 177 Å². The molecular formula is C24H30N4O2. The maximum Gasteiger partial charge on any atom is 0.256 e. The van der Waals surface area contributed by atoms with Crippen LogP contribution in [0.4, 0.5) is 5.82 Å². The summed E-state index contributed by atoms with van der Waals surface area (Å²) in [6, 6.07) is 10.3. The second-order valence-electron chi connectivity index (χ2n) is 9.95. The molecule has 5 aliphatic rings. The van der Waals surface area contributed by atoms with Gasteiger partial charge in [0, 0.05) is 19.1 Å². The molecule has 1 amide bonds. The molecule has 158 valence electrons. The maximum atomic E-state index is 13.5. The third kappa shape index (κ3) is 3.04. The van der Waals surface area contributed by atoms with Crippen LogP contribution in [-0.4, -0.2) is 46.0 Å². The Bertz CT molecular complexity index is 912. The van der Waals surface area contributed by atoms with Crippen LogP contribution in [0.15, 0.2) is 36.5 Å². The van der Waals surface area contributed by atoms with Crippen molar-refractivity contribution < 1.29 is 9.90 Å². The monoisotopic (exact) mass is 406 g/mol. The second-order valence-corrected chi connectivity index (χ2v) is 9.95. The number of aliphatic hydroxyl groups excluding tert-OH is 1. The maximum absolute atomic E-state index is 13.5. The van der Waals surface area contributed by atoms with E-state index in [1.54, 1.807) is 6.20 Å². The molecule has 2 N–H and O–H groups in total. The first kappa shape index (κ1) is 18.4. The normalized spacial score (nSPS) is 34.5. The number of anilines is 1. The fourth-order valence-electron chi connectivity index (χ4n) is 6.89. The van der Waals surface area contributed by atoms with Crippen LogP contribution in [-0.2, 0) is 0 Å². The Morgan fingerprint density at radius 2 is 1.73 bits per heavy atom. The van der Waals surface area contributed by atoms with E-state index in [1.807, 2.05) is 35.0 Å². The fraction of sp³-hybridized carbons (Fsp3) is 0.583. The van der Waals surface area contributed by atoms with E-state index >= 15 is 0 Å². The van der Waals surface area contributed by atoms with E-state index in [0.717, 1.165) is 36.3 Å². The molecule has 4 saturated carbocycles. The van der Waals surface area contributed by atoms with E-state index in [0.29, 0.717) is 30.0 Å². The first-order valence-electron chi connectivity index (χ1n) is 11.5. The van der Waals surface area contributed by atoms with Gasteiger partial charge in [0.2, 0.25) is 0 Å². The molecule has 2 heterocycles. The van der Waals surface area contributed by atoms with Crippen LogP contribution in [0.5, 0.6) is 0 Å². The summed E-state index contributed by atoms with van der Waals surface area (Å²) in [7, 11) is 0. The predicted molar refractivity (Wildman–Crippen MR) is 115 cm³/mol. The van der Waals surface area contributed by atoms with Crippen molar-refractivity contribution in [2.24, 2.45) is 23.7 Å². The van der Waals surface area contributed by atoms with Gasteiger partial charge in [-0.25, -0.2) is 4.68 Å². The van der Waals surface area contributed by atoms with E-state index in [4.69, 9.17) is 0 Å². The van der Waals surface area contributed by atoms with Crippen LogP contribution in [0.1, 0.15) is 48.9 Å². The molecule has 4 aliphatic carbocycles. The van der Waals surface area contributed by atoms with Gasteiger partial charge in [-0.05, 0) is 74.3 Å². The molecule has 0 spiro atoms. The zero-order valence-corrected chi connectivity index (χ0v) is 17.3. The SMILES string of the molecule is O=C(NC1C2CC3CC(C2)CC1C3)c1cnn(-c2ccccc2)c1N1CCC(O)C1. The average molecular weight is 407 g/mol. The number of rotatable bonds is 4. The van der Waals surface area contributed by atoms with Crippen molar-refractivity contribution in [1.82, 2.24) is 15.1 Å². The van der Waals surface area contributed by atoms with Crippen molar-refractivity contribution in [2.75, 3.05) is 18.0 Å². The van der Waals surface area contributed by atoms with Crippen LogP contribution < -0.4 is 10.2 Å².